The Morgan fingerprint density at radius 2 is 2.14 bits per heavy atom. The minimum absolute atomic E-state index is 0.154. The second-order valence-corrected chi connectivity index (χ2v) is 5.54. The fourth-order valence-corrected chi connectivity index (χ4v) is 2.20. The molecule has 0 aliphatic heterocycles. The maximum absolute atomic E-state index is 6.15. The fraction of sp³-hybridized carbons (Fsp3) is 0.0667. The highest BCUT2D eigenvalue weighted by Gasteiger charge is 2.09. The monoisotopic (exact) mass is 353 g/mol. The Kier molecular flexibility index (Phi) is 5.60. The van der Waals surface area contributed by atoms with Gasteiger partial charge in [0.15, 0.2) is 5.11 Å². The molecule has 22 heavy (non-hydrogen) atoms. The molecule has 0 atom stereocenters. The molecule has 4 nitrogen and oxygen atoms in total. The largest absolute Gasteiger partial charge is 0.455 e. The average molecular weight is 354 g/mol. The molecule has 2 N–H and O–H groups in total. The molecule has 0 amide bonds. The van der Waals surface area contributed by atoms with Crippen LogP contribution in [0.25, 0.3) is 11.3 Å². The molecule has 2 aromatic rings. The van der Waals surface area contributed by atoms with Crippen LogP contribution in [0.3, 0.4) is 0 Å². The average Bonchev–Trinajstić information content (AvgIpc) is 2.94. The zero-order chi connectivity index (χ0) is 16.1. The maximum Gasteiger partial charge on any atom is 0.187 e. The minimum Gasteiger partial charge on any atom is -0.455 e. The van der Waals surface area contributed by atoms with E-state index >= 15 is 0 Å². The molecule has 2 rings (SSSR count). The smallest absolute Gasteiger partial charge is 0.187 e. The lowest BCUT2D eigenvalue weighted by Gasteiger charge is -2.13. The third-order valence-electron chi connectivity index (χ3n) is 2.70. The van der Waals surface area contributed by atoms with Gasteiger partial charge < -0.3 is 10.2 Å². The van der Waals surface area contributed by atoms with E-state index in [4.69, 9.17) is 45.6 Å². The first kappa shape index (κ1) is 16.5. The molecule has 0 aliphatic carbocycles. The SMILES string of the molecule is C=CCN(N=Cc1ccc(-c2cc(Cl)ccc2Cl)o1)C(N)=S. The predicted molar refractivity (Wildman–Crippen MR) is 95.4 cm³/mol. The summed E-state index contributed by atoms with van der Waals surface area (Å²) in [5, 5.41) is 6.86. The zero-order valence-electron chi connectivity index (χ0n) is 11.5. The lowest BCUT2D eigenvalue weighted by Crippen LogP contribution is -2.31. The summed E-state index contributed by atoms with van der Waals surface area (Å²) in [6.07, 6.45) is 3.17. The van der Waals surface area contributed by atoms with E-state index in [-0.39, 0.29) is 5.11 Å². The Morgan fingerprint density at radius 3 is 2.82 bits per heavy atom. The molecule has 0 radical (unpaired) electrons. The van der Waals surface area contributed by atoms with E-state index in [1.54, 1.807) is 36.4 Å². The minimum atomic E-state index is 0.154. The van der Waals surface area contributed by atoms with Crippen molar-refractivity contribution in [3.05, 3.63) is 58.8 Å². The van der Waals surface area contributed by atoms with E-state index in [0.29, 0.717) is 33.7 Å². The van der Waals surface area contributed by atoms with Crippen molar-refractivity contribution in [2.75, 3.05) is 6.54 Å². The molecular formula is C15H13Cl2N3OS. The van der Waals surface area contributed by atoms with Gasteiger partial charge in [0, 0.05) is 10.6 Å². The number of furan rings is 1. The lowest BCUT2D eigenvalue weighted by molar-refractivity contribution is 0.497. The number of benzene rings is 1. The highest BCUT2D eigenvalue weighted by Crippen LogP contribution is 2.31. The van der Waals surface area contributed by atoms with E-state index in [9.17, 15) is 0 Å². The van der Waals surface area contributed by atoms with Crippen LogP contribution in [-0.2, 0) is 0 Å². The van der Waals surface area contributed by atoms with Crippen LogP contribution in [0.1, 0.15) is 5.76 Å². The molecule has 1 aromatic carbocycles. The number of nitrogens with zero attached hydrogens (tertiary/aromatic N) is 2. The van der Waals surface area contributed by atoms with Crippen molar-refractivity contribution >= 4 is 46.7 Å². The standard InChI is InChI=1S/C15H13Cl2N3OS/c1-2-7-20(15(18)22)19-9-11-4-6-14(21-11)12-8-10(16)3-5-13(12)17/h2-6,8-9H,1,7H2,(H2,18,22). The molecule has 0 spiro atoms. The van der Waals surface area contributed by atoms with E-state index in [1.165, 1.54) is 11.2 Å². The molecule has 0 saturated heterocycles. The summed E-state index contributed by atoms with van der Waals surface area (Å²) >= 11 is 17.0. The van der Waals surface area contributed by atoms with Gasteiger partial charge in [0.1, 0.15) is 11.5 Å². The van der Waals surface area contributed by atoms with Crippen LogP contribution in [-0.4, -0.2) is 22.9 Å². The van der Waals surface area contributed by atoms with Crippen molar-refractivity contribution in [2.24, 2.45) is 10.8 Å². The molecule has 0 aliphatic rings. The normalized spacial score (nSPS) is 10.8. The molecule has 114 valence electrons. The number of hydrogen-bond acceptors (Lipinski definition) is 3. The van der Waals surface area contributed by atoms with Gasteiger partial charge in [-0.25, -0.2) is 5.01 Å². The predicted octanol–water partition coefficient (Wildman–Crippen LogP) is 4.32. The van der Waals surface area contributed by atoms with E-state index < -0.39 is 0 Å². The summed E-state index contributed by atoms with van der Waals surface area (Å²) in [5.41, 5.74) is 6.27. The molecule has 0 bridgehead atoms. The number of thiocarbonyl (C=S) groups is 1. The van der Waals surface area contributed by atoms with E-state index in [2.05, 4.69) is 11.7 Å². The fourth-order valence-electron chi connectivity index (χ4n) is 1.70. The molecule has 1 heterocycles. The summed E-state index contributed by atoms with van der Waals surface area (Å²) in [5.74, 6) is 1.14. The zero-order valence-corrected chi connectivity index (χ0v) is 13.8. The Hall–Kier alpha value is -1.82. The summed E-state index contributed by atoms with van der Waals surface area (Å²) in [7, 11) is 0. The second-order valence-electron chi connectivity index (χ2n) is 4.28. The van der Waals surface area contributed by atoms with Crippen molar-refractivity contribution < 1.29 is 4.42 Å². The Labute approximate surface area is 143 Å². The van der Waals surface area contributed by atoms with Gasteiger partial charge in [-0.1, -0.05) is 29.3 Å². The van der Waals surface area contributed by atoms with Crippen molar-refractivity contribution in [3.8, 4) is 11.3 Å². The third kappa shape index (κ3) is 4.10. The number of halogens is 2. The first-order valence-electron chi connectivity index (χ1n) is 6.28. The quantitative estimate of drug-likeness (QED) is 0.376. The first-order valence-corrected chi connectivity index (χ1v) is 7.45. The van der Waals surface area contributed by atoms with Gasteiger partial charge in [-0.2, -0.15) is 5.10 Å². The maximum atomic E-state index is 6.15. The van der Waals surface area contributed by atoms with Crippen LogP contribution < -0.4 is 5.73 Å². The Balaban J connectivity index is 2.23. The molecule has 0 fully saturated rings. The van der Waals surface area contributed by atoms with Gasteiger partial charge in [-0.3, -0.25) is 0 Å². The van der Waals surface area contributed by atoms with Crippen LogP contribution in [0.2, 0.25) is 10.0 Å². The van der Waals surface area contributed by atoms with Gasteiger partial charge in [0.05, 0.1) is 17.8 Å². The summed E-state index contributed by atoms with van der Waals surface area (Å²) < 4.78 is 5.68. The second kappa shape index (κ2) is 7.45. The van der Waals surface area contributed by atoms with Gasteiger partial charge in [-0.05, 0) is 42.5 Å². The third-order valence-corrected chi connectivity index (χ3v) is 3.48. The van der Waals surface area contributed by atoms with Crippen molar-refractivity contribution in [3.63, 3.8) is 0 Å². The van der Waals surface area contributed by atoms with Gasteiger partial charge >= 0.3 is 0 Å². The van der Waals surface area contributed by atoms with Crippen LogP contribution in [0, 0.1) is 0 Å². The van der Waals surface area contributed by atoms with E-state index in [1.807, 2.05) is 0 Å². The topological polar surface area (TPSA) is 54.8 Å². The van der Waals surface area contributed by atoms with Crippen LogP contribution >= 0.6 is 35.4 Å². The van der Waals surface area contributed by atoms with Gasteiger partial charge in [-0.15, -0.1) is 6.58 Å². The first-order chi connectivity index (χ1) is 10.5. The number of rotatable bonds is 5. The Bertz CT molecular complexity index is 727. The van der Waals surface area contributed by atoms with Crippen LogP contribution in [0.4, 0.5) is 0 Å². The molecular weight excluding hydrogens is 341 g/mol. The summed E-state index contributed by atoms with van der Waals surface area (Å²) in [6, 6.07) is 8.73. The molecule has 1 aromatic heterocycles. The highest BCUT2D eigenvalue weighted by molar-refractivity contribution is 7.80. The van der Waals surface area contributed by atoms with E-state index in [0.717, 1.165) is 0 Å². The highest BCUT2D eigenvalue weighted by atomic mass is 35.5. The molecule has 0 saturated carbocycles. The van der Waals surface area contributed by atoms with Crippen molar-refractivity contribution in [2.45, 2.75) is 0 Å². The molecule has 0 unspecified atom stereocenters. The lowest BCUT2D eigenvalue weighted by atomic mass is 10.2. The summed E-state index contributed by atoms with van der Waals surface area (Å²) in [4.78, 5) is 0. The van der Waals surface area contributed by atoms with Gasteiger partial charge in [0.2, 0.25) is 0 Å². The van der Waals surface area contributed by atoms with Crippen LogP contribution in [0.5, 0.6) is 0 Å². The summed E-state index contributed by atoms with van der Waals surface area (Å²) in [6.45, 7) is 4.03. The number of hydrogen-bond donors (Lipinski definition) is 1. The van der Waals surface area contributed by atoms with Crippen molar-refractivity contribution in [1.29, 1.82) is 0 Å². The number of hydrazone groups is 1. The number of nitrogens with two attached hydrogens (primary N) is 1. The van der Waals surface area contributed by atoms with Crippen molar-refractivity contribution in [1.82, 2.24) is 5.01 Å². The molecule has 7 heteroatoms. The Morgan fingerprint density at radius 1 is 1.36 bits per heavy atom. The van der Waals surface area contributed by atoms with Gasteiger partial charge in [0.25, 0.3) is 0 Å². The van der Waals surface area contributed by atoms with Crippen LogP contribution in [0.15, 0.2) is 52.5 Å².